The van der Waals surface area contributed by atoms with Gasteiger partial charge in [0.2, 0.25) is 27.6 Å². The Morgan fingerprint density at radius 1 is 0.977 bits per heavy atom. The summed E-state index contributed by atoms with van der Waals surface area (Å²) in [6.45, 7) is 20.3. The van der Waals surface area contributed by atoms with Crippen LogP contribution in [-0.2, 0) is 29.2 Å². The maximum Gasteiger partial charge on any atom is 0.315 e. The molecule has 13 nitrogen and oxygen atoms in total. The highest BCUT2D eigenvalue weighted by molar-refractivity contribution is 7.89. The van der Waals surface area contributed by atoms with E-state index in [1.54, 1.807) is 27.7 Å². The zero-order valence-corrected chi connectivity index (χ0v) is 28.7. The van der Waals surface area contributed by atoms with E-state index in [0.29, 0.717) is 19.4 Å². The first-order valence-corrected chi connectivity index (χ1v) is 16.9. The summed E-state index contributed by atoms with van der Waals surface area (Å²) in [4.78, 5) is 66.8. The molecule has 0 radical (unpaired) electrons. The topological polar surface area (TPSA) is 174 Å². The van der Waals surface area contributed by atoms with Gasteiger partial charge < -0.3 is 26.2 Å². The van der Waals surface area contributed by atoms with Crippen molar-refractivity contribution in [3.63, 3.8) is 0 Å². The number of carbonyl (C=O) groups is 5. The lowest BCUT2D eigenvalue weighted by atomic mass is 9.85. The van der Waals surface area contributed by atoms with Crippen molar-refractivity contribution < 1.29 is 32.4 Å². The van der Waals surface area contributed by atoms with Crippen molar-refractivity contribution in [3.05, 3.63) is 12.7 Å². The molecule has 1 rings (SSSR count). The molecule has 4 atom stereocenters. The number of nitrogens with zero attached hydrogens (tertiary/aromatic N) is 2. The van der Waals surface area contributed by atoms with Crippen LogP contribution in [0.4, 0.5) is 4.79 Å². The van der Waals surface area contributed by atoms with E-state index in [-0.39, 0.29) is 31.8 Å². The Hall–Kier alpha value is -3.00. The van der Waals surface area contributed by atoms with Crippen LogP contribution < -0.4 is 21.3 Å². The van der Waals surface area contributed by atoms with Crippen LogP contribution in [-0.4, -0.2) is 103 Å². The molecular formula is C30H54N6O7S. The van der Waals surface area contributed by atoms with Crippen molar-refractivity contribution >= 4 is 39.6 Å². The van der Waals surface area contributed by atoms with E-state index in [9.17, 15) is 32.4 Å². The third kappa shape index (κ3) is 11.2. The van der Waals surface area contributed by atoms with Gasteiger partial charge in [0.15, 0.2) is 0 Å². The Balaban J connectivity index is 3.13. The number of hydrogen-bond acceptors (Lipinski definition) is 7. The molecule has 1 heterocycles. The Morgan fingerprint density at radius 2 is 1.59 bits per heavy atom. The van der Waals surface area contributed by atoms with Gasteiger partial charge in [-0.2, -0.15) is 4.31 Å². The van der Waals surface area contributed by atoms with E-state index in [4.69, 9.17) is 0 Å². The highest BCUT2D eigenvalue weighted by atomic mass is 32.2. The van der Waals surface area contributed by atoms with Crippen LogP contribution in [0.3, 0.4) is 0 Å². The quantitative estimate of drug-likeness (QED) is 0.155. The van der Waals surface area contributed by atoms with E-state index in [0.717, 1.165) is 0 Å². The van der Waals surface area contributed by atoms with Crippen LogP contribution >= 0.6 is 0 Å². The Kier molecular flexibility index (Phi) is 14.5. The van der Waals surface area contributed by atoms with Crippen LogP contribution in [0.5, 0.6) is 0 Å². The summed E-state index contributed by atoms with van der Waals surface area (Å²) >= 11 is 0. The summed E-state index contributed by atoms with van der Waals surface area (Å²) in [5.74, 6) is -2.66. The Labute approximate surface area is 263 Å². The number of sulfonamides is 1. The number of carbonyl (C=O) groups excluding carboxylic acids is 5. The van der Waals surface area contributed by atoms with E-state index in [1.165, 1.54) is 22.2 Å². The van der Waals surface area contributed by atoms with E-state index in [1.807, 2.05) is 27.7 Å². The minimum absolute atomic E-state index is 0.0745. The van der Waals surface area contributed by atoms with Crippen molar-refractivity contribution in [2.24, 2.45) is 10.8 Å². The maximum atomic E-state index is 13.9. The zero-order valence-electron chi connectivity index (χ0n) is 27.9. The average molecular weight is 643 g/mol. The van der Waals surface area contributed by atoms with Gasteiger partial charge >= 0.3 is 6.03 Å². The monoisotopic (exact) mass is 642 g/mol. The normalized spacial score (nSPS) is 17.8. The van der Waals surface area contributed by atoms with Gasteiger partial charge in [0.05, 0.1) is 11.8 Å². The second-order valence-electron chi connectivity index (χ2n) is 13.4. The van der Waals surface area contributed by atoms with E-state index in [2.05, 4.69) is 27.8 Å². The van der Waals surface area contributed by atoms with Gasteiger partial charge in [-0.05, 0) is 37.5 Å². The van der Waals surface area contributed by atoms with Crippen LogP contribution in [0.25, 0.3) is 0 Å². The summed E-state index contributed by atoms with van der Waals surface area (Å²) in [7, 11) is -3.38. The maximum absolute atomic E-state index is 13.9. The minimum Gasteiger partial charge on any atom is -0.346 e. The molecule has 1 saturated heterocycles. The molecule has 0 aromatic carbocycles. The molecule has 0 spiro atoms. The molecule has 4 N–H and O–H groups in total. The summed E-state index contributed by atoms with van der Waals surface area (Å²) < 4.78 is 26.2. The summed E-state index contributed by atoms with van der Waals surface area (Å²) in [6.07, 6.45) is 2.73. The molecule has 1 unspecified atom stereocenters. The van der Waals surface area contributed by atoms with Gasteiger partial charge in [0.25, 0.3) is 5.91 Å². The molecular weight excluding hydrogens is 588 g/mol. The molecule has 0 bridgehead atoms. The number of Topliss-reactive ketones (excluding diaryl/α,β-unsaturated/α-hetero) is 1. The molecule has 0 aliphatic carbocycles. The molecule has 1 aliphatic rings. The SMILES string of the molecule is C=CCNC(=O)C(=O)C(CCC)NC(=O)[C@H](C)N(CC)C(=O)[C@@H](NC(=O)N[C@H](CN1CCCS1(=O)=O)C(C)(C)C)C(C)(C)C. The fourth-order valence-corrected chi connectivity index (χ4v) is 6.34. The number of ketones is 1. The van der Waals surface area contributed by atoms with Crippen molar-refractivity contribution in [1.29, 1.82) is 0 Å². The zero-order chi connectivity index (χ0) is 34.0. The first-order valence-electron chi connectivity index (χ1n) is 15.3. The first kappa shape index (κ1) is 39.0. The summed E-state index contributed by atoms with van der Waals surface area (Å²) in [5.41, 5.74) is -1.26. The van der Waals surface area contributed by atoms with Crippen molar-refractivity contribution in [2.75, 3.05) is 31.9 Å². The molecule has 0 aromatic heterocycles. The first-order chi connectivity index (χ1) is 20.2. The van der Waals surface area contributed by atoms with Crippen LogP contribution in [0.15, 0.2) is 12.7 Å². The van der Waals surface area contributed by atoms with Gasteiger partial charge in [-0.25, -0.2) is 13.2 Å². The van der Waals surface area contributed by atoms with Crippen LogP contribution in [0.1, 0.15) is 81.6 Å². The van der Waals surface area contributed by atoms with Gasteiger partial charge in [-0.3, -0.25) is 19.2 Å². The van der Waals surface area contributed by atoms with Crippen LogP contribution in [0, 0.1) is 10.8 Å². The summed E-state index contributed by atoms with van der Waals surface area (Å²) in [6, 6.07) is -4.32. The number of amides is 5. The molecule has 1 aliphatic heterocycles. The minimum atomic E-state index is -3.38. The lowest BCUT2D eigenvalue weighted by Gasteiger charge is -2.38. The number of urea groups is 1. The smallest absolute Gasteiger partial charge is 0.315 e. The predicted octanol–water partition coefficient (Wildman–Crippen LogP) is 1.54. The largest absolute Gasteiger partial charge is 0.346 e. The fourth-order valence-electron chi connectivity index (χ4n) is 4.80. The van der Waals surface area contributed by atoms with Crippen molar-refractivity contribution in [2.45, 2.75) is 106 Å². The molecule has 0 saturated carbocycles. The number of hydrogen-bond donors (Lipinski definition) is 4. The Bertz CT molecular complexity index is 1160. The second kappa shape index (κ2) is 16.4. The average Bonchev–Trinajstić information content (AvgIpc) is 3.25. The number of nitrogens with one attached hydrogen (secondary N) is 4. The highest BCUT2D eigenvalue weighted by Gasteiger charge is 2.40. The van der Waals surface area contributed by atoms with Crippen LogP contribution in [0.2, 0.25) is 0 Å². The van der Waals surface area contributed by atoms with Gasteiger partial charge in [0.1, 0.15) is 12.1 Å². The summed E-state index contributed by atoms with van der Waals surface area (Å²) in [5, 5.41) is 10.7. The lowest BCUT2D eigenvalue weighted by Crippen LogP contribution is -2.62. The Morgan fingerprint density at radius 3 is 2.05 bits per heavy atom. The fraction of sp³-hybridized carbons (Fsp3) is 0.767. The van der Waals surface area contributed by atoms with Crippen molar-refractivity contribution in [3.8, 4) is 0 Å². The van der Waals surface area contributed by atoms with Gasteiger partial charge in [0, 0.05) is 32.2 Å². The van der Waals surface area contributed by atoms with Gasteiger partial charge in [-0.1, -0.05) is 61.0 Å². The molecule has 252 valence electrons. The molecule has 5 amide bonds. The third-order valence-corrected chi connectivity index (χ3v) is 9.56. The standard InChI is InChI=1S/C30H54N6O7S/c1-11-15-21(23(37)26(39)31-16-12-2)32-25(38)20(4)36(13-3)27(40)24(30(8,9)10)34-28(41)33-22(29(5,6)7)19-35-17-14-18-44(35,42)43/h12,20-22,24H,2,11,13-19H2,1,3-10H3,(H,31,39)(H,32,38)(H2,33,34,41)/t20-,21?,22+,24+/m0/s1. The number of rotatable bonds is 15. The predicted molar refractivity (Wildman–Crippen MR) is 170 cm³/mol. The van der Waals surface area contributed by atoms with Gasteiger partial charge in [-0.15, -0.1) is 6.58 Å². The van der Waals surface area contributed by atoms with E-state index >= 15 is 0 Å². The number of likely N-dealkylation sites (N-methyl/N-ethyl adjacent to an activating group) is 1. The van der Waals surface area contributed by atoms with E-state index < -0.39 is 74.6 Å². The highest BCUT2D eigenvalue weighted by Crippen LogP contribution is 2.25. The third-order valence-electron chi connectivity index (χ3n) is 7.64. The molecule has 1 fully saturated rings. The molecule has 14 heteroatoms. The molecule has 0 aromatic rings. The lowest BCUT2D eigenvalue weighted by molar-refractivity contribution is -0.144. The molecule has 44 heavy (non-hydrogen) atoms. The van der Waals surface area contributed by atoms with Crippen molar-refractivity contribution in [1.82, 2.24) is 30.5 Å². The second-order valence-corrected chi connectivity index (χ2v) is 15.5.